The molecule has 0 aromatic heterocycles. The first-order valence-electron chi connectivity index (χ1n) is 11.3. The van der Waals surface area contributed by atoms with Gasteiger partial charge in [0.25, 0.3) is 0 Å². The lowest BCUT2D eigenvalue weighted by molar-refractivity contribution is -0.126. The molecule has 0 spiro atoms. The van der Waals surface area contributed by atoms with E-state index in [1.54, 1.807) is 0 Å². The Morgan fingerprint density at radius 2 is 1.84 bits per heavy atom. The SMILES string of the molecule is Cc1cc(C)cc(OCCNC(=O)C2CCCN(S(=O)(=O)CCCc3ccccc3)C2)c1. The average Bonchev–Trinajstić information content (AvgIpc) is 2.77. The first kappa shape index (κ1) is 24.3. The molecule has 1 aliphatic heterocycles. The van der Waals surface area contributed by atoms with Crippen LogP contribution in [0.4, 0.5) is 0 Å². The highest BCUT2D eigenvalue weighted by molar-refractivity contribution is 7.89. The Morgan fingerprint density at radius 1 is 1.12 bits per heavy atom. The highest BCUT2D eigenvalue weighted by atomic mass is 32.2. The monoisotopic (exact) mass is 458 g/mol. The van der Waals surface area contributed by atoms with Gasteiger partial charge in [-0.1, -0.05) is 36.4 Å². The highest BCUT2D eigenvalue weighted by Crippen LogP contribution is 2.21. The highest BCUT2D eigenvalue weighted by Gasteiger charge is 2.31. The molecule has 3 rings (SSSR count). The van der Waals surface area contributed by atoms with E-state index in [2.05, 4.69) is 11.4 Å². The summed E-state index contributed by atoms with van der Waals surface area (Å²) in [7, 11) is -3.36. The second-order valence-corrected chi connectivity index (χ2v) is 10.7. The van der Waals surface area contributed by atoms with Crippen molar-refractivity contribution in [3.63, 3.8) is 0 Å². The van der Waals surface area contributed by atoms with Gasteiger partial charge in [-0.25, -0.2) is 12.7 Å². The number of hydrogen-bond acceptors (Lipinski definition) is 4. The van der Waals surface area contributed by atoms with E-state index in [1.165, 1.54) is 4.31 Å². The van der Waals surface area contributed by atoms with Crippen LogP contribution in [0.25, 0.3) is 0 Å². The molecule has 0 saturated carbocycles. The van der Waals surface area contributed by atoms with Crippen LogP contribution in [0.3, 0.4) is 0 Å². The Labute approximate surface area is 192 Å². The molecule has 0 radical (unpaired) electrons. The zero-order valence-corrected chi connectivity index (χ0v) is 19.9. The van der Waals surface area contributed by atoms with Crippen molar-refractivity contribution in [2.24, 2.45) is 5.92 Å². The van der Waals surface area contributed by atoms with Gasteiger partial charge in [-0.3, -0.25) is 4.79 Å². The van der Waals surface area contributed by atoms with E-state index in [0.29, 0.717) is 39.0 Å². The Kier molecular flexibility index (Phi) is 8.70. The van der Waals surface area contributed by atoms with Crippen LogP contribution in [0.15, 0.2) is 48.5 Å². The number of hydrogen-bond donors (Lipinski definition) is 1. The lowest BCUT2D eigenvalue weighted by Gasteiger charge is -2.31. The number of carbonyl (C=O) groups excluding carboxylic acids is 1. The van der Waals surface area contributed by atoms with Crippen LogP contribution in [-0.4, -0.2) is 50.6 Å². The van der Waals surface area contributed by atoms with Gasteiger partial charge in [0.15, 0.2) is 0 Å². The summed E-state index contributed by atoms with van der Waals surface area (Å²) in [5.74, 6) is 0.495. The van der Waals surface area contributed by atoms with Gasteiger partial charge in [0.1, 0.15) is 12.4 Å². The van der Waals surface area contributed by atoms with Crippen molar-refractivity contribution in [3.05, 3.63) is 65.2 Å². The zero-order chi connectivity index (χ0) is 23.0. The predicted molar refractivity (Wildman–Crippen MR) is 127 cm³/mol. The van der Waals surface area contributed by atoms with E-state index >= 15 is 0 Å². The topological polar surface area (TPSA) is 75.7 Å². The number of amides is 1. The number of aryl methyl sites for hydroxylation is 3. The molecule has 0 aliphatic carbocycles. The van der Waals surface area contributed by atoms with Crippen LogP contribution in [0.2, 0.25) is 0 Å². The van der Waals surface area contributed by atoms with Gasteiger partial charge < -0.3 is 10.1 Å². The van der Waals surface area contributed by atoms with Gasteiger partial charge in [-0.2, -0.15) is 0 Å². The fraction of sp³-hybridized carbons (Fsp3) is 0.480. The maximum atomic E-state index is 12.8. The predicted octanol–water partition coefficient (Wildman–Crippen LogP) is 3.47. The molecule has 1 aliphatic rings. The first-order valence-corrected chi connectivity index (χ1v) is 12.9. The Balaban J connectivity index is 1.42. The molecule has 2 aromatic rings. The van der Waals surface area contributed by atoms with Gasteiger partial charge in [-0.05, 0) is 68.4 Å². The second-order valence-electron chi connectivity index (χ2n) is 8.57. The quantitative estimate of drug-likeness (QED) is 0.553. The fourth-order valence-corrected chi connectivity index (χ4v) is 5.73. The van der Waals surface area contributed by atoms with E-state index in [0.717, 1.165) is 28.9 Å². The third kappa shape index (κ3) is 7.35. The summed E-state index contributed by atoms with van der Waals surface area (Å²) in [4.78, 5) is 12.6. The molecular weight excluding hydrogens is 424 g/mol. The second kappa shape index (κ2) is 11.5. The summed E-state index contributed by atoms with van der Waals surface area (Å²) in [5.41, 5.74) is 3.41. The minimum atomic E-state index is -3.36. The smallest absolute Gasteiger partial charge is 0.224 e. The Morgan fingerprint density at radius 3 is 2.56 bits per heavy atom. The number of rotatable bonds is 10. The van der Waals surface area contributed by atoms with Crippen molar-refractivity contribution in [1.82, 2.24) is 9.62 Å². The summed E-state index contributed by atoms with van der Waals surface area (Å²) in [6, 6.07) is 15.9. The molecule has 1 amide bonds. The van der Waals surface area contributed by atoms with Crippen molar-refractivity contribution >= 4 is 15.9 Å². The Hall–Kier alpha value is -2.38. The van der Waals surface area contributed by atoms with Gasteiger partial charge in [0, 0.05) is 13.1 Å². The van der Waals surface area contributed by atoms with E-state index < -0.39 is 10.0 Å². The van der Waals surface area contributed by atoms with Crippen molar-refractivity contribution in [1.29, 1.82) is 0 Å². The summed E-state index contributed by atoms with van der Waals surface area (Å²) in [6.45, 7) is 5.57. The molecule has 0 bridgehead atoms. The molecule has 1 N–H and O–H groups in total. The molecule has 2 aromatic carbocycles. The third-order valence-corrected chi connectivity index (χ3v) is 7.65. The molecule has 1 fully saturated rings. The fourth-order valence-electron chi connectivity index (χ4n) is 4.15. The number of benzene rings is 2. The minimum absolute atomic E-state index is 0.0989. The van der Waals surface area contributed by atoms with Gasteiger partial charge in [-0.15, -0.1) is 0 Å². The van der Waals surface area contributed by atoms with Crippen molar-refractivity contribution < 1.29 is 17.9 Å². The van der Waals surface area contributed by atoms with Crippen LogP contribution in [0.5, 0.6) is 5.75 Å². The number of piperidine rings is 1. The van der Waals surface area contributed by atoms with Crippen LogP contribution < -0.4 is 10.1 Å². The maximum absolute atomic E-state index is 12.8. The average molecular weight is 459 g/mol. The third-order valence-electron chi connectivity index (χ3n) is 5.72. The van der Waals surface area contributed by atoms with E-state index in [9.17, 15) is 13.2 Å². The van der Waals surface area contributed by atoms with Crippen LogP contribution in [0, 0.1) is 19.8 Å². The van der Waals surface area contributed by atoms with Crippen molar-refractivity contribution in [2.45, 2.75) is 39.5 Å². The molecule has 1 atom stereocenters. The molecule has 174 valence electrons. The van der Waals surface area contributed by atoms with Crippen LogP contribution >= 0.6 is 0 Å². The molecule has 32 heavy (non-hydrogen) atoms. The first-order chi connectivity index (χ1) is 15.3. The van der Waals surface area contributed by atoms with Gasteiger partial charge in [0.05, 0.1) is 18.2 Å². The lowest BCUT2D eigenvalue weighted by atomic mass is 9.99. The van der Waals surface area contributed by atoms with Gasteiger partial charge >= 0.3 is 0 Å². The molecule has 1 unspecified atom stereocenters. The molecule has 1 heterocycles. The lowest BCUT2D eigenvalue weighted by Crippen LogP contribution is -2.46. The van der Waals surface area contributed by atoms with Crippen LogP contribution in [-0.2, 0) is 21.2 Å². The molecule has 1 saturated heterocycles. The van der Waals surface area contributed by atoms with Crippen molar-refractivity contribution in [2.75, 3.05) is 32.0 Å². The molecule has 7 heteroatoms. The van der Waals surface area contributed by atoms with Gasteiger partial charge in [0.2, 0.25) is 15.9 Å². The van der Waals surface area contributed by atoms with Crippen molar-refractivity contribution in [3.8, 4) is 5.75 Å². The summed E-state index contributed by atoms with van der Waals surface area (Å²) in [6.07, 6.45) is 2.72. The Bertz CT molecular complexity index is 972. The number of nitrogens with one attached hydrogen (secondary N) is 1. The number of sulfonamides is 1. The standard InChI is InChI=1S/C25H34N2O4S/c1-20-16-21(2)18-24(17-20)31-14-12-26-25(28)23-11-6-13-27(19-23)32(29,30)15-7-10-22-8-4-3-5-9-22/h3-5,8-9,16-18,23H,6-7,10-15,19H2,1-2H3,(H,26,28). The zero-order valence-electron chi connectivity index (χ0n) is 19.0. The largest absolute Gasteiger partial charge is 0.492 e. The summed E-state index contributed by atoms with van der Waals surface area (Å²) < 4.78 is 32.8. The number of nitrogens with zero attached hydrogens (tertiary/aromatic N) is 1. The summed E-state index contributed by atoms with van der Waals surface area (Å²) >= 11 is 0. The normalized spacial score (nSPS) is 17.1. The molecule has 6 nitrogen and oxygen atoms in total. The van der Waals surface area contributed by atoms with E-state index in [-0.39, 0.29) is 24.1 Å². The number of ether oxygens (including phenoxy) is 1. The number of carbonyl (C=O) groups is 1. The molecular formula is C25H34N2O4S. The maximum Gasteiger partial charge on any atom is 0.224 e. The summed E-state index contributed by atoms with van der Waals surface area (Å²) in [5, 5.41) is 2.90. The minimum Gasteiger partial charge on any atom is -0.492 e. The van der Waals surface area contributed by atoms with E-state index in [4.69, 9.17) is 4.74 Å². The van der Waals surface area contributed by atoms with Crippen LogP contribution in [0.1, 0.15) is 36.0 Å². The van der Waals surface area contributed by atoms with E-state index in [1.807, 2.05) is 56.3 Å².